The summed E-state index contributed by atoms with van der Waals surface area (Å²) in [6.45, 7) is 1.77. The number of rotatable bonds is 60. The lowest BCUT2D eigenvalue weighted by molar-refractivity contribution is -0.265. The number of amides is 8. The molecule has 638 valence electrons. The second-order valence-electron chi connectivity index (χ2n) is 28.7. The smallest absolute Gasteiger partial charge is 0.222 e. The van der Waals surface area contributed by atoms with Gasteiger partial charge in [0.2, 0.25) is 47.3 Å². The van der Waals surface area contributed by atoms with Crippen LogP contribution in [0.1, 0.15) is 174 Å². The Balaban J connectivity index is 1.27. The summed E-state index contributed by atoms with van der Waals surface area (Å²) in [6.07, 6.45) is -3.37. The lowest BCUT2D eigenvalue weighted by Crippen LogP contribution is -2.62. The molecule has 23 N–H and O–H groups in total. The fraction of sp³-hybridized carbons (Fsp3) is 0.889. The van der Waals surface area contributed by atoms with Crippen LogP contribution in [0.3, 0.4) is 0 Å². The summed E-state index contributed by atoms with van der Waals surface area (Å²) in [5, 5.41) is 119. The maximum Gasteiger partial charge on any atom is 0.222 e. The van der Waals surface area contributed by atoms with E-state index in [2.05, 4.69) is 44.1 Å². The van der Waals surface area contributed by atoms with Crippen molar-refractivity contribution in [3.63, 3.8) is 0 Å². The summed E-state index contributed by atoms with van der Waals surface area (Å²) >= 11 is 0. The highest BCUT2D eigenvalue weighted by molar-refractivity contribution is 5.79. The highest BCUT2D eigenvalue weighted by Crippen LogP contribution is 2.26. The van der Waals surface area contributed by atoms with Crippen molar-refractivity contribution in [1.82, 2.24) is 42.1 Å². The second-order valence-corrected chi connectivity index (χ2v) is 28.7. The van der Waals surface area contributed by atoms with E-state index in [1.165, 1.54) is 0 Å². The van der Waals surface area contributed by atoms with Crippen LogP contribution in [0.15, 0.2) is 0 Å². The fourth-order valence-electron chi connectivity index (χ4n) is 12.8. The van der Waals surface area contributed by atoms with Crippen molar-refractivity contribution in [2.24, 2.45) is 17.2 Å². The van der Waals surface area contributed by atoms with E-state index >= 15 is 0 Å². The van der Waals surface area contributed by atoms with Crippen LogP contribution >= 0.6 is 0 Å². The van der Waals surface area contributed by atoms with Crippen molar-refractivity contribution >= 4 is 47.3 Å². The summed E-state index contributed by atoms with van der Waals surface area (Å²) in [7, 11) is 0. The molecular weight excluding hydrogens is 1450 g/mol. The van der Waals surface area contributed by atoms with Gasteiger partial charge in [-0.15, -0.1) is 0 Å². The Bertz CT molecular complexity index is 2380. The Labute approximate surface area is 645 Å². The summed E-state index contributed by atoms with van der Waals surface area (Å²) in [5.41, 5.74) is 16.4. The largest absolute Gasteiger partial charge is 0.394 e. The van der Waals surface area contributed by atoms with E-state index < -0.39 is 123 Å². The van der Waals surface area contributed by atoms with Gasteiger partial charge >= 0.3 is 0 Å². The van der Waals surface area contributed by atoms with Gasteiger partial charge < -0.3 is 153 Å². The van der Waals surface area contributed by atoms with Gasteiger partial charge in [-0.05, 0) is 83.5 Å². The Kier molecular flexibility index (Phi) is 49.7. The number of unbranched alkanes of at least 4 members (excludes halogenated alkanes) is 8. The number of nitrogens with one attached hydrogen (secondary N) is 7. The average molecular weight is 1580 g/mol. The van der Waals surface area contributed by atoms with Crippen LogP contribution in [0, 0.1) is 0 Å². The molecule has 0 aliphatic carbocycles. The summed E-state index contributed by atoms with van der Waals surface area (Å²) in [5.74, 6) is -2.02. The molecule has 0 aromatic heterocycles. The van der Waals surface area contributed by atoms with Crippen LogP contribution < -0.4 is 54.4 Å². The van der Waals surface area contributed by atoms with Crippen molar-refractivity contribution in [1.29, 1.82) is 0 Å². The minimum Gasteiger partial charge on any atom is -0.394 e. The van der Waals surface area contributed by atoms with Crippen molar-refractivity contribution in [3.8, 4) is 0 Å². The van der Waals surface area contributed by atoms with E-state index in [0.29, 0.717) is 90.0 Å². The van der Waals surface area contributed by atoms with E-state index in [9.17, 15) is 89.4 Å². The first-order chi connectivity index (χ1) is 52.9. The zero-order valence-corrected chi connectivity index (χ0v) is 64.2. The number of nitrogens with two attached hydrogens (primary N) is 3. The van der Waals surface area contributed by atoms with Gasteiger partial charge in [-0.1, -0.05) is 39.0 Å². The maximum atomic E-state index is 14.0. The number of carbonyl (C=O) groups excluding carboxylic acids is 8. The maximum absolute atomic E-state index is 14.0. The molecule has 0 bridgehead atoms. The van der Waals surface area contributed by atoms with Gasteiger partial charge in [0, 0.05) is 123 Å². The molecule has 0 spiro atoms. The van der Waals surface area contributed by atoms with E-state index in [1.54, 1.807) is 0 Å². The lowest BCUT2D eigenvalue weighted by Gasteiger charge is -2.40. The molecule has 4 fully saturated rings. The van der Waals surface area contributed by atoms with Crippen molar-refractivity contribution in [2.75, 3.05) is 125 Å². The molecule has 4 aliphatic rings. The molecular formula is C72H133N11O27. The van der Waals surface area contributed by atoms with Gasteiger partial charge in [-0.3, -0.25) is 38.4 Å². The van der Waals surface area contributed by atoms with Crippen molar-refractivity contribution in [3.05, 3.63) is 0 Å². The molecule has 0 saturated carbocycles. The number of hydrogen-bond donors (Lipinski definition) is 20. The van der Waals surface area contributed by atoms with Crippen LogP contribution in [0.25, 0.3) is 0 Å². The second kappa shape index (κ2) is 56.2. The topological polar surface area (TPSA) is 587 Å². The summed E-state index contributed by atoms with van der Waals surface area (Å²) in [4.78, 5) is 106. The van der Waals surface area contributed by atoms with Crippen LogP contribution in [0.5, 0.6) is 0 Å². The Hall–Kier alpha value is -5.12. The molecule has 38 nitrogen and oxygen atoms in total. The highest BCUT2D eigenvalue weighted by atomic mass is 16.7. The number of aliphatic hydroxyl groups is 10. The Morgan fingerprint density at radius 3 is 1.02 bits per heavy atom. The summed E-state index contributed by atoms with van der Waals surface area (Å²) < 4.78 is 51.5. The molecule has 15 unspecified atom stereocenters. The quantitative estimate of drug-likeness (QED) is 0.0253. The van der Waals surface area contributed by atoms with E-state index in [1.807, 2.05) is 4.90 Å². The SMILES string of the molecule is CCC[C@@H]1C[C@@H](O)CN1C(=O)CCCCCCCCC(=O)NC(COCCC(=O)NCCCNC(=O)CCCCOC1OC(CO)C(O)C(O)C1N)(COCCC(=O)NCCCNC(=O)CCCCOC1OC(CO)C(O)C(O)C1N)COCCC(=O)NCCCNC(=O)CCCCOC1OC(CO)C(O)C(O)C1N. The monoisotopic (exact) mass is 1580 g/mol. The number of ether oxygens (including phenoxy) is 9. The molecule has 38 heteroatoms. The van der Waals surface area contributed by atoms with Crippen molar-refractivity contribution in [2.45, 2.75) is 283 Å². The number of likely N-dealkylation sites (tertiary alicyclic amines) is 1. The van der Waals surface area contributed by atoms with Crippen LogP contribution in [0.2, 0.25) is 0 Å². The van der Waals surface area contributed by atoms with Gasteiger partial charge in [-0.2, -0.15) is 0 Å². The standard InChI is InChI=1S/C72H133N11O27/c1-2-18-47-39-48(87)40-83(47)59(95)23-8-6-4-3-5-7-22-58(94)82-72(44-102-36-24-55(91)79-30-15-27-76-52(88)19-9-12-33-105-69-60(73)66(99)63(96)49(41-84)108-69,45-103-37-25-56(92)80-31-16-28-77-53(89)20-10-13-34-106-70-61(74)67(100)64(97)50(42-85)109-70)46-104-38-26-57(93)81-32-17-29-78-54(90)21-11-14-35-107-71-62(75)68(101)65(98)51(43-86)110-71/h47-51,60-71,84-87,96-101H,2-46,73-75H2,1H3,(H,76,88)(H,77,89)(H,78,90)(H,79,91)(H,80,92)(H,81,93)(H,82,94)/t47-,48-,49?,50?,51?,60?,61?,62?,63?,64?,65?,66?,67?,68?,69?,70?,71?,72?/m1/s1. The van der Waals surface area contributed by atoms with Gasteiger partial charge in [0.25, 0.3) is 0 Å². The third kappa shape index (κ3) is 37.9. The van der Waals surface area contributed by atoms with E-state index in [4.69, 9.17) is 59.8 Å². The zero-order chi connectivity index (χ0) is 80.6. The number of hydrogen-bond acceptors (Lipinski definition) is 30. The lowest BCUT2D eigenvalue weighted by atomic mass is 9.98. The number of nitrogens with zero attached hydrogens (tertiary/aromatic N) is 1. The molecule has 17 atom stereocenters. The molecule has 4 rings (SSSR count). The summed E-state index contributed by atoms with van der Waals surface area (Å²) in [6, 6.07) is -3.04. The third-order valence-electron chi connectivity index (χ3n) is 19.4. The fourth-order valence-corrected chi connectivity index (χ4v) is 12.8. The molecule has 110 heavy (non-hydrogen) atoms. The molecule has 8 amide bonds. The van der Waals surface area contributed by atoms with Crippen LogP contribution in [-0.2, 0) is 81.0 Å². The van der Waals surface area contributed by atoms with E-state index in [0.717, 1.165) is 38.5 Å². The normalized spacial score (nSPS) is 26.7. The molecule has 4 aliphatic heterocycles. The predicted molar refractivity (Wildman–Crippen MR) is 394 cm³/mol. The highest BCUT2D eigenvalue weighted by Gasteiger charge is 2.46. The number of aliphatic hydroxyl groups excluding tert-OH is 10. The molecule has 4 saturated heterocycles. The van der Waals surface area contributed by atoms with Crippen LogP contribution in [-0.4, -0.2) is 338 Å². The first-order valence-corrected chi connectivity index (χ1v) is 39.5. The predicted octanol–water partition coefficient (Wildman–Crippen LogP) is -5.33. The molecule has 0 aromatic carbocycles. The van der Waals surface area contributed by atoms with Gasteiger partial charge in [0.05, 0.1) is 83.7 Å². The minimum atomic E-state index is -1.41. The Morgan fingerprint density at radius 2 is 0.691 bits per heavy atom. The average Bonchev–Trinajstić information content (AvgIpc) is 1.03. The first kappa shape index (κ1) is 97.2. The molecule has 0 aromatic rings. The number of β-amino-alcohol motifs (C(OH)–C–C–N with tert-alkyl or cyclic N) is 1. The molecule has 0 radical (unpaired) electrons. The van der Waals surface area contributed by atoms with Gasteiger partial charge in [0.1, 0.15) is 60.5 Å². The third-order valence-corrected chi connectivity index (χ3v) is 19.4. The first-order valence-electron chi connectivity index (χ1n) is 39.5. The van der Waals surface area contributed by atoms with Gasteiger partial charge in [-0.25, -0.2) is 0 Å². The van der Waals surface area contributed by atoms with Crippen molar-refractivity contribution < 1.29 is 132 Å². The minimum absolute atomic E-state index is 0.0579. The van der Waals surface area contributed by atoms with Crippen LogP contribution in [0.4, 0.5) is 0 Å². The van der Waals surface area contributed by atoms with Gasteiger partial charge in [0.15, 0.2) is 18.9 Å². The Morgan fingerprint density at radius 1 is 0.391 bits per heavy atom. The zero-order valence-electron chi connectivity index (χ0n) is 64.2. The molecule has 4 heterocycles. The number of carbonyl (C=O) groups is 8. The van der Waals surface area contributed by atoms with E-state index in [-0.39, 0.29) is 197 Å².